The molecule has 0 aliphatic heterocycles. The summed E-state index contributed by atoms with van der Waals surface area (Å²) in [4.78, 5) is 36.8. The lowest BCUT2D eigenvalue weighted by atomic mass is 9.91. The van der Waals surface area contributed by atoms with Gasteiger partial charge in [0.25, 0.3) is 0 Å². The van der Waals surface area contributed by atoms with Gasteiger partial charge in [-0.3, -0.25) is 9.59 Å². The number of rotatable bonds is 8. The third-order valence-corrected chi connectivity index (χ3v) is 6.53. The Labute approximate surface area is 199 Å². The zero-order valence-electron chi connectivity index (χ0n) is 19.2. The van der Waals surface area contributed by atoms with Crippen LogP contribution in [0.25, 0.3) is 11.1 Å². The smallest absolute Gasteiger partial charge is 0.407 e. The summed E-state index contributed by atoms with van der Waals surface area (Å²) in [6.07, 6.45) is 4.89. The molecule has 0 aromatic heterocycles. The van der Waals surface area contributed by atoms with Crippen LogP contribution in [-0.4, -0.2) is 41.8 Å². The standard InChI is InChI=1S/C27H30N2O5/c1-2-8-24(25(30)28-18-10-7-9-17(15-18)26(31)32)29-27(33)34-16-23-21-13-5-3-11-19(21)20-12-4-6-14-22(20)23/h3-7,10-14,17-18,23-24H,2,8-9,15-16H2,1H3,(H,28,30)(H,29,33)(H,31,32)/t17-,18-,24?/m1/s1. The van der Waals surface area contributed by atoms with E-state index in [9.17, 15) is 19.5 Å². The quantitative estimate of drug-likeness (QED) is 0.509. The average molecular weight is 463 g/mol. The first kappa shape index (κ1) is 23.5. The highest BCUT2D eigenvalue weighted by molar-refractivity contribution is 5.86. The maximum atomic E-state index is 12.8. The number of carboxylic acid groups (broad SMARTS) is 1. The summed E-state index contributed by atoms with van der Waals surface area (Å²) in [6, 6.07) is 15.1. The maximum Gasteiger partial charge on any atom is 0.407 e. The molecular formula is C27H30N2O5. The second-order valence-electron chi connectivity index (χ2n) is 8.86. The molecule has 3 N–H and O–H groups in total. The van der Waals surface area contributed by atoms with E-state index in [0.717, 1.165) is 22.3 Å². The van der Waals surface area contributed by atoms with Crippen molar-refractivity contribution in [3.8, 4) is 11.1 Å². The number of alkyl carbamates (subject to hydrolysis) is 1. The number of amides is 2. The minimum atomic E-state index is -0.870. The van der Waals surface area contributed by atoms with Crippen molar-refractivity contribution in [2.75, 3.05) is 6.61 Å². The number of ether oxygens (including phenoxy) is 1. The molecule has 0 saturated carbocycles. The Morgan fingerprint density at radius 2 is 1.71 bits per heavy atom. The van der Waals surface area contributed by atoms with Crippen LogP contribution < -0.4 is 10.6 Å². The van der Waals surface area contributed by atoms with E-state index in [1.807, 2.05) is 37.3 Å². The number of benzene rings is 2. The molecule has 0 saturated heterocycles. The molecule has 0 bridgehead atoms. The van der Waals surface area contributed by atoms with Crippen molar-refractivity contribution < 1.29 is 24.2 Å². The van der Waals surface area contributed by atoms with Crippen molar-refractivity contribution in [3.63, 3.8) is 0 Å². The van der Waals surface area contributed by atoms with Gasteiger partial charge in [0.05, 0.1) is 5.92 Å². The monoisotopic (exact) mass is 462 g/mol. The SMILES string of the molecule is CCCC(NC(=O)OCC1c2ccccc2-c2ccccc21)C(=O)N[C@@H]1C=CC[C@@H](C(=O)O)C1. The summed E-state index contributed by atoms with van der Waals surface area (Å²) in [5.41, 5.74) is 4.54. The van der Waals surface area contributed by atoms with Crippen molar-refractivity contribution >= 4 is 18.0 Å². The number of aliphatic carboxylic acids is 1. The van der Waals surface area contributed by atoms with Crippen molar-refractivity contribution in [1.82, 2.24) is 10.6 Å². The number of allylic oxidation sites excluding steroid dienone is 1. The zero-order valence-corrected chi connectivity index (χ0v) is 19.2. The fraction of sp³-hybridized carbons (Fsp3) is 0.370. The van der Waals surface area contributed by atoms with Crippen LogP contribution in [0.5, 0.6) is 0 Å². The molecule has 2 aromatic carbocycles. The van der Waals surface area contributed by atoms with Gasteiger partial charge in [-0.15, -0.1) is 0 Å². The Morgan fingerprint density at radius 3 is 2.32 bits per heavy atom. The van der Waals surface area contributed by atoms with Crippen molar-refractivity contribution in [2.45, 2.75) is 50.6 Å². The van der Waals surface area contributed by atoms with Crippen LogP contribution in [-0.2, 0) is 14.3 Å². The fourth-order valence-corrected chi connectivity index (χ4v) is 4.82. The summed E-state index contributed by atoms with van der Waals surface area (Å²) in [7, 11) is 0. The van der Waals surface area contributed by atoms with E-state index < -0.39 is 24.0 Å². The number of carboxylic acids is 1. The molecule has 7 nitrogen and oxygen atoms in total. The second-order valence-corrected chi connectivity index (χ2v) is 8.86. The Balaban J connectivity index is 1.36. The molecular weight excluding hydrogens is 432 g/mol. The number of nitrogens with one attached hydrogen (secondary N) is 2. The summed E-state index contributed by atoms with van der Waals surface area (Å²) in [6.45, 7) is 2.10. The van der Waals surface area contributed by atoms with Gasteiger partial charge in [-0.1, -0.05) is 74.0 Å². The third kappa shape index (κ3) is 5.14. The van der Waals surface area contributed by atoms with Crippen LogP contribution in [0, 0.1) is 5.92 Å². The highest BCUT2D eigenvalue weighted by atomic mass is 16.5. The average Bonchev–Trinajstić information content (AvgIpc) is 3.16. The molecule has 3 atom stereocenters. The summed E-state index contributed by atoms with van der Waals surface area (Å²) in [5, 5.41) is 14.8. The second kappa shape index (κ2) is 10.5. The molecule has 2 amide bonds. The highest BCUT2D eigenvalue weighted by Crippen LogP contribution is 2.44. The number of hydrogen-bond acceptors (Lipinski definition) is 4. The first-order chi connectivity index (χ1) is 16.5. The van der Waals surface area contributed by atoms with Crippen LogP contribution in [0.1, 0.15) is 49.7 Å². The van der Waals surface area contributed by atoms with E-state index >= 15 is 0 Å². The minimum absolute atomic E-state index is 0.0584. The molecule has 0 fully saturated rings. The highest BCUT2D eigenvalue weighted by Gasteiger charge is 2.30. The van der Waals surface area contributed by atoms with E-state index in [0.29, 0.717) is 25.7 Å². The Kier molecular flexibility index (Phi) is 7.30. The van der Waals surface area contributed by atoms with Crippen molar-refractivity contribution in [3.05, 3.63) is 71.8 Å². The maximum absolute atomic E-state index is 12.8. The van der Waals surface area contributed by atoms with Gasteiger partial charge in [0.1, 0.15) is 12.6 Å². The van der Waals surface area contributed by atoms with E-state index in [1.165, 1.54) is 0 Å². The van der Waals surface area contributed by atoms with Crippen LogP contribution in [0.15, 0.2) is 60.7 Å². The summed E-state index contributed by atoms with van der Waals surface area (Å²) < 4.78 is 5.58. The number of hydrogen-bond donors (Lipinski definition) is 3. The van der Waals surface area contributed by atoms with Crippen LogP contribution in [0.4, 0.5) is 4.79 Å². The van der Waals surface area contributed by atoms with Crippen molar-refractivity contribution in [2.24, 2.45) is 5.92 Å². The summed E-state index contributed by atoms with van der Waals surface area (Å²) in [5.74, 6) is -1.78. The number of carbonyl (C=O) groups excluding carboxylic acids is 2. The van der Waals surface area contributed by atoms with E-state index in [4.69, 9.17) is 4.74 Å². The van der Waals surface area contributed by atoms with E-state index in [-0.39, 0.29) is 24.5 Å². The molecule has 4 rings (SSSR count). The molecule has 0 radical (unpaired) electrons. The van der Waals surface area contributed by atoms with Crippen molar-refractivity contribution in [1.29, 1.82) is 0 Å². The molecule has 0 heterocycles. The molecule has 1 unspecified atom stereocenters. The fourth-order valence-electron chi connectivity index (χ4n) is 4.82. The van der Waals surface area contributed by atoms with Crippen LogP contribution in [0.2, 0.25) is 0 Å². The minimum Gasteiger partial charge on any atom is -0.481 e. The third-order valence-electron chi connectivity index (χ3n) is 6.53. The Hall–Kier alpha value is -3.61. The molecule has 178 valence electrons. The normalized spacial score (nSPS) is 19.6. The molecule has 34 heavy (non-hydrogen) atoms. The zero-order chi connectivity index (χ0) is 24.1. The van der Waals surface area contributed by atoms with Gasteiger partial charge in [-0.05, 0) is 41.5 Å². The van der Waals surface area contributed by atoms with Gasteiger partial charge in [-0.25, -0.2) is 4.79 Å². The van der Waals surface area contributed by atoms with Gasteiger partial charge in [0.2, 0.25) is 5.91 Å². The van der Waals surface area contributed by atoms with E-state index in [2.05, 4.69) is 34.9 Å². The molecule has 7 heteroatoms. The lowest BCUT2D eigenvalue weighted by Crippen LogP contribution is -2.50. The van der Waals surface area contributed by atoms with Gasteiger partial charge in [-0.2, -0.15) is 0 Å². The number of fused-ring (bicyclic) bond motifs is 3. The predicted molar refractivity (Wildman–Crippen MR) is 128 cm³/mol. The lowest BCUT2D eigenvalue weighted by Gasteiger charge is -2.25. The number of carbonyl (C=O) groups is 3. The molecule has 2 aliphatic carbocycles. The van der Waals surface area contributed by atoms with Gasteiger partial charge in [0.15, 0.2) is 0 Å². The Morgan fingerprint density at radius 1 is 1.06 bits per heavy atom. The molecule has 0 spiro atoms. The van der Waals surface area contributed by atoms with Crippen LogP contribution in [0.3, 0.4) is 0 Å². The van der Waals surface area contributed by atoms with Gasteiger partial charge < -0.3 is 20.5 Å². The van der Waals surface area contributed by atoms with Gasteiger partial charge >= 0.3 is 12.1 Å². The lowest BCUT2D eigenvalue weighted by molar-refractivity contribution is -0.142. The molecule has 2 aliphatic rings. The topological polar surface area (TPSA) is 105 Å². The Bertz CT molecular complexity index is 1050. The first-order valence-corrected chi connectivity index (χ1v) is 11.8. The van der Waals surface area contributed by atoms with Gasteiger partial charge in [0, 0.05) is 12.0 Å². The van der Waals surface area contributed by atoms with Crippen LogP contribution >= 0.6 is 0 Å². The first-order valence-electron chi connectivity index (χ1n) is 11.8. The largest absolute Gasteiger partial charge is 0.481 e. The van der Waals surface area contributed by atoms with E-state index in [1.54, 1.807) is 6.08 Å². The molecule has 2 aromatic rings. The predicted octanol–water partition coefficient (Wildman–Crippen LogP) is 4.23. The summed E-state index contributed by atoms with van der Waals surface area (Å²) >= 11 is 0.